The standard InChI is InChI=1S/C21H20O12/c1-30-12-3-7(2-10(25)15(12)26)19-20(33-21-18(29)16(27)13(6-22)32-21)17(28)14-9(24)4-8(23)5-11(14)31-19/h2-5,13,16,18,21-27,29H,6H2,1H3/t13-,16-,18+,21-/m0/s1. The number of methoxy groups -OCH3 is 1. The van der Waals surface area contributed by atoms with Gasteiger partial charge < -0.3 is 54.4 Å². The first-order chi connectivity index (χ1) is 15.7. The average molecular weight is 464 g/mol. The fraction of sp³-hybridized carbons (Fsp3) is 0.286. The highest BCUT2D eigenvalue weighted by Crippen LogP contribution is 2.43. The molecular weight excluding hydrogens is 444 g/mol. The summed E-state index contributed by atoms with van der Waals surface area (Å²) in [7, 11) is 1.22. The van der Waals surface area contributed by atoms with Gasteiger partial charge in [-0.15, -0.1) is 0 Å². The molecule has 0 aliphatic carbocycles. The third-order valence-electron chi connectivity index (χ3n) is 5.19. The van der Waals surface area contributed by atoms with E-state index < -0.39 is 65.4 Å². The minimum atomic E-state index is -1.65. The molecule has 1 aliphatic rings. The van der Waals surface area contributed by atoms with Gasteiger partial charge in [-0.25, -0.2) is 0 Å². The molecule has 0 spiro atoms. The minimum Gasteiger partial charge on any atom is -0.508 e. The summed E-state index contributed by atoms with van der Waals surface area (Å²) in [4.78, 5) is 13.3. The topological polar surface area (TPSA) is 200 Å². The molecule has 12 heteroatoms. The second kappa shape index (κ2) is 8.33. The zero-order valence-electron chi connectivity index (χ0n) is 17.0. The van der Waals surface area contributed by atoms with Crippen LogP contribution in [0.3, 0.4) is 0 Å². The van der Waals surface area contributed by atoms with Crippen LogP contribution >= 0.6 is 0 Å². The second-order valence-corrected chi connectivity index (χ2v) is 7.30. The fourth-order valence-electron chi connectivity index (χ4n) is 3.52. The predicted octanol–water partition coefficient (Wildman–Crippen LogP) is 0.109. The summed E-state index contributed by atoms with van der Waals surface area (Å²) in [6.45, 7) is -0.639. The Morgan fingerprint density at radius 3 is 2.36 bits per heavy atom. The van der Waals surface area contributed by atoms with Crippen LogP contribution in [0.4, 0.5) is 0 Å². The van der Waals surface area contributed by atoms with E-state index >= 15 is 0 Å². The first kappa shape index (κ1) is 22.5. The molecule has 1 aromatic heterocycles. The second-order valence-electron chi connectivity index (χ2n) is 7.30. The molecule has 0 bridgehead atoms. The fourth-order valence-corrected chi connectivity index (χ4v) is 3.52. The van der Waals surface area contributed by atoms with Gasteiger partial charge in [0.15, 0.2) is 17.3 Å². The minimum absolute atomic E-state index is 0.0225. The summed E-state index contributed by atoms with van der Waals surface area (Å²) in [6.07, 6.45) is -5.97. The van der Waals surface area contributed by atoms with Gasteiger partial charge in [0.2, 0.25) is 23.2 Å². The average Bonchev–Trinajstić information content (AvgIpc) is 3.04. The molecule has 4 rings (SSSR count). The maximum absolute atomic E-state index is 13.3. The van der Waals surface area contributed by atoms with Gasteiger partial charge >= 0.3 is 0 Å². The molecule has 2 aromatic carbocycles. The Kier molecular flexibility index (Phi) is 5.68. The van der Waals surface area contributed by atoms with Crippen LogP contribution in [0.2, 0.25) is 0 Å². The molecule has 176 valence electrons. The lowest BCUT2D eigenvalue weighted by atomic mass is 10.1. The lowest BCUT2D eigenvalue weighted by Crippen LogP contribution is -2.36. The van der Waals surface area contributed by atoms with Gasteiger partial charge in [-0.05, 0) is 12.1 Å². The van der Waals surface area contributed by atoms with Crippen LogP contribution in [-0.4, -0.2) is 74.1 Å². The van der Waals surface area contributed by atoms with Crippen molar-refractivity contribution in [3.8, 4) is 45.8 Å². The molecule has 0 saturated carbocycles. The molecule has 2 heterocycles. The highest BCUT2D eigenvalue weighted by Gasteiger charge is 2.44. The third-order valence-corrected chi connectivity index (χ3v) is 5.19. The van der Waals surface area contributed by atoms with Crippen LogP contribution in [0.25, 0.3) is 22.3 Å². The number of benzene rings is 2. The number of fused-ring (bicyclic) bond motifs is 1. The third kappa shape index (κ3) is 3.74. The molecule has 1 fully saturated rings. The number of phenols is 4. The van der Waals surface area contributed by atoms with Crippen molar-refractivity contribution in [2.75, 3.05) is 13.7 Å². The van der Waals surface area contributed by atoms with Gasteiger partial charge in [0.25, 0.3) is 0 Å². The summed E-state index contributed by atoms with van der Waals surface area (Å²) >= 11 is 0. The van der Waals surface area contributed by atoms with E-state index in [0.29, 0.717) is 0 Å². The largest absolute Gasteiger partial charge is 0.508 e. The quantitative estimate of drug-likeness (QED) is 0.252. The van der Waals surface area contributed by atoms with Crippen LogP contribution in [0, 0.1) is 0 Å². The highest BCUT2D eigenvalue weighted by molar-refractivity contribution is 5.88. The lowest BCUT2D eigenvalue weighted by molar-refractivity contribution is -0.117. The van der Waals surface area contributed by atoms with Crippen LogP contribution < -0.4 is 14.9 Å². The Bertz CT molecular complexity index is 1270. The number of aromatic hydroxyl groups is 4. The molecule has 1 aliphatic heterocycles. The molecule has 3 aromatic rings. The van der Waals surface area contributed by atoms with Gasteiger partial charge in [0.05, 0.1) is 13.7 Å². The number of rotatable bonds is 5. The maximum Gasteiger partial charge on any atom is 0.239 e. The molecule has 7 N–H and O–H groups in total. The smallest absolute Gasteiger partial charge is 0.239 e. The van der Waals surface area contributed by atoms with E-state index in [1.165, 1.54) is 13.2 Å². The van der Waals surface area contributed by atoms with E-state index in [1.54, 1.807) is 0 Å². The van der Waals surface area contributed by atoms with Gasteiger partial charge in [0.1, 0.15) is 40.8 Å². The van der Waals surface area contributed by atoms with E-state index in [4.69, 9.17) is 18.6 Å². The van der Waals surface area contributed by atoms with Crippen molar-refractivity contribution in [1.29, 1.82) is 0 Å². The molecule has 0 radical (unpaired) electrons. The monoisotopic (exact) mass is 464 g/mol. The van der Waals surface area contributed by atoms with E-state index in [9.17, 15) is 40.5 Å². The first-order valence-corrected chi connectivity index (χ1v) is 9.58. The van der Waals surface area contributed by atoms with Crippen LogP contribution in [0.1, 0.15) is 0 Å². The Morgan fingerprint density at radius 2 is 1.73 bits per heavy atom. The summed E-state index contributed by atoms with van der Waals surface area (Å²) in [5.41, 5.74) is -1.20. The van der Waals surface area contributed by atoms with Crippen LogP contribution in [0.15, 0.2) is 33.5 Å². The predicted molar refractivity (Wildman–Crippen MR) is 110 cm³/mol. The molecule has 33 heavy (non-hydrogen) atoms. The van der Waals surface area contributed by atoms with Crippen molar-refractivity contribution in [1.82, 2.24) is 0 Å². The maximum atomic E-state index is 13.3. The number of hydrogen-bond donors (Lipinski definition) is 7. The van der Waals surface area contributed by atoms with Gasteiger partial charge in [-0.2, -0.15) is 0 Å². The van der Waals surface area contributed by atoms with Crippen molar-refractivity contribution >= 4 is 11.0 Å². The Morgan fingerprint density at radius 1 is 1.00 bits per heavy atom. The summed E-state index contributed by atoms with van der Waals surface area (Å²) in [5, 5.41) is 69.1. The van der Waals surface area contributed by atoms with Crippen molar-refractivity contribution in [2.45, 2.75) is 24.6 Å². The highest BCUT2D eigenvalue weighted by atomic mass is 16.7. The molecule has 0 amide bonds. The van der Waals surface area contributed by atoms with E-state index in [1.807, 2.05) is 0 Å². The van der Waals surface area contributed by atoms with Crippen molar-refractivity contribution in [3.05, 3.63) is 34.5 Å². The van der Waals surface area contributed by atoms with Crippen molar-refractivity contribution < 1.29 is 54.4 Å². The van der Waals surface area contributed by atoms with Gasteiger partial charge in [-0.3, -0.25) is 4.79 Å². The van der Waals surface area contributed by atoms with E-state index in [2.05, 4.69) is 0 Å². The zero-order chi connectivity index (χ0) is 24.0. The number of aliphatic hydroxyl groups is 3. The molecular formula is C21H20O12. The summed E-state index contributed by atoms with van der Waals surface area (Å²) < 4.78 is 21.5. The Labute approximate surface area is 184 Å². The van der Waals surface area contributed by atoms with Gasteiger partial charge in [-0.1, -0.05) is 0 Å². The van der Waals surface area contributed by atoms with Crippen LogP contribution in [-0.2, 0) is 4.74 Å². The Balaban J connectivity index is 1.96. The number of phenolic OH excluding ortho intramolecular Hbond substituents is 4. The lowest BCUT2D eigenvalue weighted by Gasteiger charge is -2.19. The molecule has 1 saturated heterocycles. The number of ether oxygens (including phenoxy) is 3. The van der Waals surface area contributed by atoms with Gasteiger partial charge in [0, 0.05) is 17.7 Å². The SMILES string of the molecule is COc1cc(-c2oc3cc(O)cc(O)c3c(=O)c2O[C@@H]2O[C@@H](CO)[C@H](O)[C@H]2O)cc(O)c1O. The number of hydrogen-bond acceptors (Lipinski definition) is 12. The molecule has 0 unspecified atom stereocenters. The van der Waals surface area contributed by atoms with Crippen molar-refractivity contribution in [2.24, 2.45) is 0 Å². The summed E-state index contributed by atoms with van der Waals surface area (Å²) in [6, 6.07) is 4.22. The number of aliphatic hydroxyl groups excluding tert-OH is 3. The van der Waals surface area contributed by atoms with E-state index in [0.717, 1.165) is 18.2 Å². The molecule has 12 nitrogen and oxygen atoms in total. The first-order valence-electron chi connectivity index (χ1n) is 9.58. The zero-order valence-corrected chi connectivity index (χ0v) is 17.0. The van der Waals surface area contributed by atoms with Crippen LogP contribution in [0.5, 0.6) is 34.5 Å². The summed E-state index contributed by atoms with van der Waals surface area (Å²) in [5.74, 6) is -3.34. The normalized spacial score (nSPS) is 22.5. The van der Waals surface area contributed by atoms with E-state index in [-0.39, 0.29) is 28.0 Å². The van der Waals surface area contributed by atoms with Crippen molar-refractivity contribution in [3.63, 3.8) is 0 Å². The Hall–Kier alpha value is -3.71. The molecule has 4 atom stereocenters.